The van der Waals surface area contributed by atoms with Crippen LogP contribution in [0, 0.1) is 6.92 Å². The molecule has 0 bridgehead atoms. The van der Waals surface area contributed by atoms with E-state index in [0.29, 0.717) is 32.0 Å². The highest BCUT2D eigenvalue weighted by Gasteiger charge is 2.24. The molecule has 3 N–H and O–H groups in total. The summed E-state index contributed by atoms with van der Waals surface area (Å²) in [7, 11) is 1.92. The van der Waals surface area contributed by atoms with E-state index in [-0.39, 0.29) is 11.8 Å². The third-order valence-corrected chi connectivity index (χ3v) is 4.60. The van der Waals surface area contributed by atoms with Crippen molar-refractivity contribution in [2.24, 2.45) is 12.0 Å². The topological polar surface area (TPSA) is 96.2 Å². The van der Waals surface area contributed by atoms with Crippen LogP contribution in [0.2, 0.25) is 0 Å². The van der Waals surface area contributed by atoms with Crippen molar-refractivity contribution in [1.29, 1.82) is 0 Å². The minimum atomic E-state index is 0.0348. The number of nitrogens with one attached hydrogen (secondary N) is 3. The van der Waals surface area contributed by atoms with E-state index in [1.165, 1.54) is 0 Å². The maximum Gasteiger partial charge on any atom is 0.225 e. The molecule has 1 amide bonds. The second kappa shape index (κ2) is 8.48. The predicted octanol–water partition coefficient (Wildman–Crippen LogP) is 1.47. The maximum absolute atomic E-state index is 12.0. The average Bonchev–Trinajstić information content (AvgIpc) is 2.99. The molecule has 1 aromatic heterocycles. The van der Waals surface area contributed by atoms with E-state index in [4.69, 9.17) is 0 Å². The van der Waals surface area contributed by atoms with Crippen LogP contribution in [0.4, 0.5) is 5.69 Å². The summed E-state index contributed by atoms with van der Waals surface area (Å²) in [5.74, 6) is 2.41. The number of fused-ring (bicyclic) bond motifs is 1. The van der Waals surface area contributed by atoms with Crippen LogP contribution >= 0.6 is 0 Å². The Labute approximate surface area is 158 Å². The molecular weight excluding hydrogens is 342 g/mol. The number of aryl methyl sites for hydroxylation is 1. The molecule has 8 heteroatoms. The van der Waals surface area contributed by atoms with E-state index in [1.807, 2.05) is 36.7 Å². The van der Waals surface area contributed by atoms with Gasteiger partial charge in [0.2, 0.25) is 5.91 Å². The summed E-state index contributed by atoms with van der Waals surface area (Å²) < 4.78 is 1.91. The van der Waals surface area contributed by atoms with Crippen molar-refractivity contribution in [3.05, 3.63) is 54.1 Å². The lowest BCUT2D eigenvalue weighted by molar-refractivity contribution is -0.116. The second-order valence-corrected chi connectivity index (χ2v) is 6.47. The summed E-state index contributed by atoms with van der Waals surface area (Å²) in [5.41, 5.74) is 2.02. The van der Waals surface area contributed by atoms with E-state index < -0.39 is 0 Å². The molecule has 1 atom stereocenters. The fraction of sp³-hybridized carbons (Fsp3) is 0.368. The molecule has 2 aromatic rings. The summed E-state index contributed by atoms with van der Waals surface area (Å²) in [6.45, 7) is 7.24. The van der Waals surface area contributed by atoms with E-state index in [9.17, 15) is 4.79 Å². The molecule has 1 unspecified atom stereocenters. The van der Waals surface area contributed by atoms with Gasteiger partial charge in [-0.1, -0.05) is 24.3 Å². The summed E-state index contributed by atoms with van der Waals surface area (Å²) in [6, 6.07) is 7.90. The van der Waals surface area contributed by atoms with Crippen LogP contribution in [0.25, 0.3) is 0 Å². The molecule has 1 aromatic carbocycles. The smallest absolute Gasteiger partial charge is 0.225 e. The molecule has 0 radical (unpaired) electrons. The van der Waals surface area contributed by atoms with Gasteiger partial charge in [-0.3, -0.25) is 4.79 Å². The third kappa shape index (κ3) is 4.52. The molecule has 0 fully saturated rings. The normalized spacial score (nSPS) is 16.4. The largest absolute Gasteiger partial charge is 0.356 e. The maximum atomic E-state index is 12.0. The van der Waals surface area contributed by atoms with Crippen molar-refractivity contribution in [3.63, 3.8) is 0 Å². The van der Waals surface area contributed by atoms with Crippen LogP contribution in [0.1, 0.15) is 29.6 Å². The first-order valence-corrected chi connectivity index (χ1v) is 8.95. The first-order chi connectivity index (χ1) is 13.1. The van der Waals surface area contributed by atoms with E-state index in [0.717, 1.165) is 22.9 Å². The Morgan fingerprint density at radius 2 is 2.22 bits per heavy atom. The fourth-order valence-corrected chi connectivity index (χ4v) is 2.99. The third-order valence-electron chi connectivity index (χ3n) is 4.60. The Balaban J connectivity index is 1.69. The number of carbonyl (C=O) groups excluding carboxylic acids is 1. The number of hydrogen-bond acceptors (Lipinski definition) is 4. The lowest BCUT2D eigenvalue weighted by Crippen LogP contribution is -2.41. The van der Waals surface area contributed by atoms with E-state index in [1.54, 1.807) is 6.08 Å². The SMILES string of the molecule is C=CCNC(=NCc1nnc(C)n1C)NCC1CC(=O)Nc2ccccc21. The lowest BCUT2D eigenvalue weighted by Gasteiger charge is -2.26. The summed E-state index contributed by atoms with van der Waals surface area (Å²) in [4.78, 5) is 16.6. The van der Waals surface area contributed by atoms with Gasteiger partial charge in [0.1, 0.15) is 12.4 Å². The van der Waals surface area contributed by atoms with Crippen LogP contribution < -0.4 is 16.0 Å². The second-order valence-electron chi connectivity index (χ2n) is 6.47. The molecule has 2 heterocycles. The van der Waals surface area contributed by atoms with Crippen molar-refractivity contribution in [1.82, 2.24) is 25.4 Å². The molecule has 27 heavy (non-hydrogen) atoms. The monoisotopic (exact) mass is 367 g/mol. The quantitative estimate of drug-likeness (QED) is 0.408. The van der Waals surface area contributed by atoms with Gasteiger partial charge < -0.3 is 20.5 Å². The summed E-state index contributed by atoms with van der Waals surface area (Å²) in [5, 5.41) is 17.6. The minimum Gasteiger partial charge on any atom is -0.356 e. The molecule has 1 aliphatic rings. The first-order valence-electron chi connectivity index (χ1n) is 8.95. The van der Waals surface area contributed by atoms with E-state index in [2.05, 4.69) is 43.8 Å². The number of aromatic nitrogens is 3. The number of guanidine groups is 1. The highest BCUT2D eigenvalue weighted by atomic mass is 16.1. The van der Waals surface area contributed by atoms with Crippen molar-refractivity contribution >= 4 is 17.6 Å². The molecule has 1 aliphatic heterocycles. The Kier molecular flexibility index (Phi) is 5.85. The van der Waals surface area contributed by atoms with Crippen LogP contribution in [0.15, 0.2) is 41.9 Å². The number of para-hydroxylation sites is 1. The predicted molar refractivity (Wildman–Crippen MR) is 106 cm³/mol. The van der Waals surface area contributed by atoms with Gasteiger partial charge >= 0.3 is 0 Å². The highest BCUT2D eigenvalue weighted by Crippen LogP contribution is 2.31. The van der Waals surface area contributed by atoms with Gasteiger partial charge in [-0.15, -0.1) is 16.8 Å². The Morgan fingerprint density at radius 1 is 1.41 bits per heavy atom. The molecular formula is C19H25N7O. The molecule has 0 aliphatic carbocycles. The number of amides is 1. The van der Waals surface area contributed by atoms with Gasteiger partial charge in [0.05, 0.1) is 0 Å². The zero-order chi connectivity index (χ0) is 19.2. The first kappa shape index (κ1) is 18.6. The molecule has 0 spiro atoms. The number of carbonyl (C=O) groups is 1. The van der Waals surface area contributed by atoms with Gasteiger partial charge in [0, 0.05) is 38.2 Å². The van der Waals surface area contributed by atoms with Crippen LogP contribution in [-0.4, -0.2) is 39.7 Å². The van der Waals surface area contributed by atoms with Crippen molar-refractivity contribution in [2.75, 3.05) is 18.4 Å². The van der Waals surface area contributed by atoms with Gasteiger partial charge in [-0.25, -0.2) is 4.99 Å². The van der Waals surface area contributed by atoms with Gasteiger partial charge in [0.15, 0.2) is 11.8 Å². The number of aliphatic imine (C=N–C) groups is 1. The molecule has 3 rings (SSSR count). The summed E-state index contributed by atoms with van der Waals surface area (Å²) in [6.07, 6.45) is 2.22. The number of nitrogens with zero attached hydrogens (tertiary/aromatic N) is 4. The molecule has 8 nitrogen and oxygen atoms in total. The van der Waals surface area contributed by atoms with Crippen molar-refractivity contribution in [3.8, 4) is 0 Å². The van der Waals surface area contributed by atoms with Gasteiger partial charge in [-0.05, 0) is 18.6 Å². The Bertz CT molecular complexity index is 855. The van der Waals surface area contributed by atoms with Crippen LogP contribution in [0.3, 0.4) is 0 Å². The number of rotatable bonds is 6. The molecule has 0 saturated carbocycles. The number of anilines is 1. The summed E-state index contributed by atoms with van der Waals surface area (Å²) >= 11 is 0. The van der Waals surface area contributed by atoms with Crippen molar-refractivity contribution < 1.29 is 4.79 Å². The fourth-order valence-electron chi connectivity index (χ4n) is 2.99. The van der Waals surface area contributed by atoms with E-state index >= 15 is 0 Å². The van der Waals surface area contributed by atoms with Crippen LogP contribution in [0.5, 0.6) is 0 Å². The number of hydrogen-bond donors (Lipinski definition) is 3. The van der Waals surface area contributed by atoms with Gasteiger partial charge in [0.25, 0.3) is 0 Å². The lowest BCUT2D eigenvalue weighted by atomic mass is 9.90. The average molecular weight is 367 g/mol. The highest BCUT2D eigenvalue weighted by molar-refractivity contribution is 5.94. The standard InChI is InChI=1S/C19H25N7O/c1-4-9-20-19(22-12-17-25-24-13(2)26(17)3)21-11-14-10-18(27)23-16-8-6-5-7-15(14)16/h4-8,14H,1,9-12H2,2-3H3,(H,23,27)(H2,20,21,22). The Hall–Kier alpha value is -3.16. The minimum absolute atomic E-state index is 0.0348. The Morgan fingerprint density at radius 3 is 2.96 bits per heavy atom. The molecule has 142 valence electrons. The zero-order valence-electron chi connectivity index (χ0n) is 15.7. The van der Waals surface area contributed by atoms with Crippen LogP contribution in [-0.2, 0) is 18.4 Å². The van der Waals surface area contributed by atoms with Crippen molar-refractivity contribution in [2.45, 2.75) is 25.8 Å². The molecule has 0 saturated heterocycles. The number of benzene rings is 1. The van der Waals surface area contributed by atoms with Gasteiger partial charge in [-0.2, -0.15) is 0 Å². The zero-order valence-corrected chi connectivity index (χ0v) is 15.7.